The molecule has 0 saturated carbocycles. The lowest BCUT2D eigenvalue weighted by atomic mass is 10.2. The van der Waals surface area contributed by atoms with Gasteiger partial charge in [-0.05, 0) is 34.6 Å². The van der Waals surface area contributed by atoms with E-state index < -0.39 is 17.7 Å². The van der Waals surface area contributed by atoms with Crippen LogP contribution in [0.15, 0.2) is 0 Å². The van der Waals surface area contributed by atoms with E-state index in [4.69, 9.17) is 4.74 Å². The number of carbonyl (C=O) groups excluding carboxylic acids is 3. The molecule has 1 fully saturated rings. The first-order chi connectivity index (χ1) is 10.6. The van der Waals surface area contributed by atoms with Crippen molar-refractivity contribution in [3.05, 3.63) is 0 Å². The van der Waals surface area contributed by atoms with E-state index in [-0.39, 0.29) is 30.8 Å². The third-order valence-corrected chi connectivity index (χ3v) is 3.93. The van der Waals surface area contributed by atoms with E-state index in [1.807, 2.05) is 13.8 Å². The van der Waals surface area contributed by atoms with Gasteiger partial charge in [0, 0.05) is 24.8 Å². The van der Waals surface area contributed by atoms with Gasteiger partial charge >= 0.3 is 6.09 Å². The van der Waals surface area contributed by atoms with Crippen LogP contribution < -0.4 is 10.6 Å². The molecule has 1 atom stereocenters. The summed E-state index contributed by atoms with van der Waals surface area (Å²) in [4.78, 5) is 37.3. The molecule has 23 heavy (non-hydrogen) atoms. The molecule has 0 spiro atoms. The molecule has 1 rings (SSSR count). The van der Waals surface area contributed by atoms with Gasteiger partial charge < -0.3 is 15.4 Å². The van der Waals surface area contributed by atoms with Crippen LogP contribution in [0.4, 0.5) is 4.79 Å². The number of nitrogens with one attached hydrogen (secondary N) is 2. The molecule has 0 radical (unpaired) electrons. The molecule has 1 aliphatic heterocycles. The van der Waals surface area contributed by atoms with Crippen molar-refractivity contribution < 1.29 is 19.1 Å². The molecule has 0 aromatic rings. The number of rotatable bonds is 5. The van der Waals surface area contributed by atoms with Crippen molar-refractivity contribution >= 4 is 29.7 Å². The first kappa shape index (κ1) is 19.6. The normalized spacial score (nSPS) is 18.0. The minimum atomic E-state index is -0.597. The molecule has 0 aromatic carbocycles. The predicted molar refractivity (Wildman–Crippen MR) is 90.1 cm³/mol. The van der Waals surface area contributed by atoms with Crippen molar-refractivity contribution in [3.8, 4) is 0 Å². The van der Waals surface area contributed by atoms with E-state index in [0.717, 1.165) is 0 Å². The SMILES string of the molecule is CC(C)NC(=O)CCNC(=O)[C@H]1CSCN1C(=O)OC(C)(C)C. The summed E-state index contributed by atoms with van der Waals surface area (Å²) in [7, 11) is 0. The van der Waals surface area contributed by atoms with Crippen molar-refractivity contribution in [3.63, 3.8) is 0 Å². The quantitative estimate of drug-likeness (QED) is 0.785. The highest BCUT2D eigenvalue weighted by Gasteiger charge is 2.36. The molecular weight excluding hydrogens is 318 g/mol. The molecule has 8 heteroatoms. The first-order valence-corrected chi connectivity index (χ1v) is 8.90. The molecule has 0 aromatic heterocycles. The maximum atomic E-state index is 12.2. The third kappa shape index (κ3) is 7.11. The van der Waals surface area contributed by atoms with Crippen LogP contribution >= 0.6 is 11.8 Å². The van der Waals surface area contributed by atoms with Crippen molar-refractivity contribution in [2.24, 2.45) is 0 Å². The summed E-state index contributed by atoms with van der Waals surface area (Å²) in [6, 6.07) is -0.477. The molecular formula is C15H27N3O4S. The number of thioether (sulfide) groups is 1. The smallest absolute Gasteiger partial charge is 0.411 e. The van der Waals surface area contributed by atoms with Gasteiger partial charge in [0.25, 0.3) is 0 Å². The van der Waals surface area contributed by atoms with Crippen LogP contribution in [-0.2, 0) is 14.3 Å². The van der Waals surface area contributed by atoms with Crippen LogP contribution in [0, 0.1) is 0 Å². The van der Waals surface area contributed by atoms with Gasteiger partial charge in [-0.1, -0.05) is 0 Å². The zero-order chi connectivity index (χ0) is 17.6. The van der Waals surface area contributed by atoms with Crippen molar-refractivity contribution in [1.82, 2.24) is 15.5 Å². The molecule has 1 aliphatic rings. The Balaban J connectivity index is 2.45. The summed E-state index contributed by atoms with van der Waals surface area (Å²) in [5.74, 6) is 0.604. The Labute approximate surface area is 141 Å². The second-order valence-corrected chi connectivity index (χ2v) is 7.73. The average Bonchev–Trinajstić information content (AvgIpc) is 2.84. The zero-order valence-electron chi connectivity index (χ0n) is 14.5. The second kappa shape index (κ2) is 8.42. The van der Waals surface area contributed by atoms with Crippen molar-refractivity contribution in [1.29, 1.82) is 0 Å². The van der Waals surface area contributed by atoms with Crippen LogP contribution in [0.25, 0.3) is 0 Å². The summed E-state index contributed by atoms with van der Waals surface area (Å²) in [6.45, 7) is 9.38. The van der Waals surface area contributed by atoms with E-state index in [1.165, 1.54) is 16.7 Å². The highest BCUT2D eigenvalue weighted by Crippen LogP contribution is 2.23. The Kier molecular flexibility index (Phi) is 7.18. The second-order valence-electron chi connectivity index (χ2n) is 6.73. The maximum absolute atomic E-state index is 12.2. The summed E-state index contributed by atoms with van der Waals surface area (Å²) in [5.41, 5.74) is -0.597. The fraction of sp³-hybridized carbons (Fsp3) is 0.800. The van der Waals surface area contributed by atoms with Gasteiger partial charge in [0.1, 0.15) is 11.6 Å². The molecule has 3 amide bonds. The van der Waals surface area contributed by atoms with E-state index in [1.54, 1.807) is 20.8 Å². The van der Waals surface area contributed by atoms with E-state index in [2.05, 4.69) is 10.6 Å². The molecule has 1 heterocycles. The average molecular weight is 345 g/mol. The van der Waals surface area contributed by atoms with Gasteiger partial charge in [0.2, 0.25) is 11.8 Å². The molecule has 132 valence electrons. The van der Waals surface area contributed by atoms with Gasteiger partial charge in [-0.25, -0.2) is 4.79 Å². The highest BCUT2D eigenvalue weighted by atomic mass is 32.2. The molecule has 1 saturated heterocycles. The van der Waals surface area contributed by atoms with E-state index >= 15 is 0 Å². The number of carbonyl (C=O) groups is 3. The van der Waals surface area contributed by atoms with Gasteiger partial charge in [0.05, 0.1) is 5.88 Å². The molecule has 0 bridgehead atoms. The molecule has 0 unspecified atom stereocenters. The lowest BCUT2D eigenvalue weighted by Crippen LogP contribution is -2.49. The van der Waals surface area contributed by atoms with Gasteiger partial charge in [0.15, 0.2) is 0 Å². The standard InChI is InChI=1S/C15H27N3O4S/c1-10(2)17-12(19)6-7-16-13(20)11-8-23-9-18(11)14(21)22-15(3,4)5/h10-11H,6-9H2,1-5H3,(H,16,20)(H,17,19)/t11-/m1/s1. The summed E-state index contributed by atoms with van der Waals surface area (Å²) in [5, 5.41) is 5.47. The molecule has 0 aliphatic carbocycles. The highest BCUT2D eigenvalue weighted by molar-refractivity contribution is 7.99. The Morgan fingerprint density at radius 2 is 1.96 bits per heavy atom. The van der Waals surface area contributed by atoms with Crippen LogP contribution in [0.2, 0.25) is 0 Å². The Morgan fingerprint density at radius 1 is 1.30 bits per heavy atom. The lowest BCUT2D eigenvalue weighted by Gasteiger charge is -2.27. The number of hydrogen-bond acceptors (Lipinski definition) is 5. The lowest BCUT2D eigenvalue weighted by molar-refractivity contribution is -0.125. The van der Waals surface area contributed by atoms with Crippen molar-refractivity contribution in [2.75, 3.05) is 18.2 Å². The Hall–Kier alpha value is -1.44. The number of amides is 3. The monoisotopic (exact) mass is 345 g/mol. The van der Waals surface area contributed by atoms with Crippen molar-refractivity contribution in [2.45, 2.75) is 58.7 Å². The van der Waals surface area contributed by atoms with Crippen LogP contribution in [-0.4, -0.2) is 58.7 Å². The summed E-state index contributed by atoms with van der Waals surface area (Å²) >= 11 is 1.51. The van der Waals surface area contributed by atoms with Crippen LogP contribution in [0.1, 0.15) is 41.0 Å². The minimum Gasteiger partial charge on any atom is -0.444 e. The maximum Gasteiger partial charge on any atom is 0.411 e. The fourth-order valence-electron chi connectivity index (χ4n) is 1.97. The number of hydrogen-bond donors (Lipinski definition) is 2. The third-order valence-electron chi connectivity index (χ3n) is 2.91. The van der Waals surface area contributed by atoms with Gasteiger partial charge in [-0.3, -0.25) is 14.5 Å². The summed E-state index contributed by atoms with van der Waals surface area (Å²) in [6.07, 6.45) is -0.267. The Bertz CT molecular complexity index is 448. The topological polar surface area (TPSA) is 87.7 Å². The zero-order valence-corrected chi connectivity index (χ0v) is 15.3. The predicted octanol–water partition coefficient (Wildman–Crippen LogP) is 1.33. The fourth-order valence-corrected chi connectivity index (χ4v) is 3.11. The largest absolute Gasteiger partial charge is 0.444 e. The van der Waals surface area contributed by atoms with E-state index in [0.29, 0.717) is 11.6 Å². The minimum absolute atomic E-state index is 0.0760. The summed E-state index contributed by atoms with van der Waals surface area (Å²) < 4.78 is 5.32. The first-order valence-electron chi connectivity index (χ1n) is 7.74. The van der Waals surface area contributed by atoms with Gasteiger partial charge in [-0.15, -0.1) is 11.8 Å². The molecule has 7 nitrogen and oxygen atoms in total. The number of nitrogens with zero attached hydrogens (tertiary/aromatic N) is 1. The number of ether oxygens (including phenoxy) is 1. The van der Waals surface area contributed by atoms with Crippen LogP contribution in [0.3, 0.4) is 0 Å². The van der Waals surface area contributed by atoms with Gasteiger partial charge in [-0.2, -0.15) is 0 Å². The van der Waals surface area contributed by atoms with Crippen LogP contribution in [0.5, 0.6) is 0 Å². The van der Waals surface area contributed by atoms with E-state index in [9.17, 15) is 14.4 Å². The molecule has 2 N–H and O–H groups in total. The Morgan fingerprint density at radius 3 is 2.52 bits per heavy atom.